The minimum atomic E-state index is -1.06. The average Bonchev–Trinajstić information content (AvgIpc) is 2.86. The fourth-order valence-electron chi connectivity index (χ4n) is 3.56. The number of ether oxygens (including phenoxy) is 2. The van der Waals surface area contributed by atoms with E-state index >= 15 is 0 Å². The number of hydrogen-bond donors (Lipinski definition) is 2. The largest absolute Gasteiger partial charge is 0.493 e. The third-order valence-corrected chi connectivity index (χ3v) is 5.90. The minimum Gasteiger partial charge on any atom is -0.493 e. The number of anilines is 1. The molecule has 1 heterocycles. The smallest absolute Gasteiger partial charge is 0.335 e. The summed E-state index contributed by atoms with van der Waals surface area (Å²) in [5.74, 6) is -2.79. The second-order valence-corrected chi connectivity index (χ2v) is 8.62. The van der Waals surface area contributed by atoms with Gasteiger partial charge in [0.15, 0.2) is 11.5 Å². The number of carbonyl (C=O) groups is 4. The van der Waals surface area contributed by atoms with Gasteiger partial charge in [0.25, 0.3) is 11.8 Å². The molecule has 11 heteroatoms. The first-order chi connectivity index (χ1) is 17.7. The molecule has 37 heavy (non-hydrogen) atoms. The lowest BCUT2D eigenvalue weighted by atomic mass is 10.1. The number of rotatable bonds is 7. The Morgan fingerprint density at radius 3 is 2.51 bits per heavy atom. The van der Waals surface area contributed by atoms with E-state index in [4.69, 9.17) is 14.6 Å². The highest BCUT2D eigenvalue weighted by Gasteiger charge is 2.36. The first-order valence-electron chi connectivity index (χ1n) is 10.7. The van der Waals surface area contributed by atoms with E-state index in [0.29, 0.717) is 21.3 Å². The normalized spacial score (nSPS) is 14.5. The van der Waals surface area contributed by atoms with Crippen LogP contribution >= 0.6 is 15.9 Å². The Hall–Kier alpha value is -4.51. The molecule has 0 aromatic heterocycles. The number of aromatic carboxylic acids is 1. The number of methoxy groups -OCH3 is 1. The number of carbonyl (C=O) groups excluding carboxylic acids is 3. The van der Waals surface area contributed by atoms with Crippen molar-refractivity contribution in [3.8, 4) is 11.5 Å². The molecule has 3 aromatic rings. The lowest BCUT2D eigenvalue weighted by Gasteiger charge is -2.26. The van der Waals surface area contributed by atoms with Crippen molar-refractivity contribution in [3.63, 3.8) is 0 Å². The molecular formula is C26H18BrFN2O7. The summed E-state index contributed by atoms with van der Waals surface area (Å²) in [6.45, 7) is 0.0478. The topological polar surface area (TPSA) is 122 Å². The van der Waals surface area contributed by atoms with E-state index in [9.17, 15) is 23.6 Å². The number of urea groups is 1. The summed E-state index contributed by atoms with van der Waals surface area (Å²) >= 11 is 3.40. The zero-order valence-electron chi connectivity index (χ0n) is 19.2. The van der Waals surface area contributed by atoms with Gasteiger partial charge in [-0.15, -0.1) is 0 Å². The molecule has 1 saturated heterocycles. The first-order valence-corrected chi connectivity index (χ1v) is 11.5. The van der Waals surface area contributed by atoms with Gasteiger partial charge in [0.2, 0.25) is 0 Å². The van der Waals surface area contributed by atoms with Crippen LogP contribution in [0.2, 0.25) is 0 Å². The number of barbiturate groups is 1. The average molecular weight is 569 g/mol. The molecule has 188 valence electrons. The molecular weight excluding hydrogens is 551 g/mol. The molecule has 1 aliphatic rings. The molecule has 0 saturated carbocycles. The minimum absolute atomic E-state index is 0.0478. The molecule has 2 N–H and O–H groups in total. The fourth-order valence-corrected chi connectivity index (χ4v) is 4.14. The van der Waals surface area contributed by atoms with Crippen LogP contribution < -0.4 is 19.7 Å². The van der Waals surface area contributed by atoms with Crippen molar-refractivity contribution in [1.29, 1.82) is 0 Å². The second-order valence-electron chi connectivity index (χ2n) is 7.76. The van der Waals surface area contributed by atoms with Crippen LogP contribution in [0.4, 0.5) is 14.9 Å². The number of nitrogens with zero attached hydrogens (tertiary/aromatic N) is 1. The number of hydrogen-bond acceptors (Lipinski definition) is 6. The van der Waals surface area contributed by atoms with E-state index in [1.807, 2.05) is 0 Å². The Bertz CT molecular complexity index is 1450. The summed E-state index contributed by atoms with van der Waals surface area (Å²) < 4.78 is 25.0. The van der Waals surface area contributed by atoms with Crippen molar-refractivity contribution in [3.05, 3.63) is 93.2 Å². The molecule has 3 aromatic carbocycles. The van der Waals surface area contributed by atoms with Gasteiger partial charge in [0, 0.05) is 0 Å². The summed E-state index contributed by atoms with van der Waals surface area (Å²) in [5, 5.41) is 11.3. The SMILES string of the molecule is COc1cc(/C=C2\C(=O)NC(=O)N(c3ccc(F)cc3)C2=O)cc(Br)c1OCc1cccc(C(=O)O)c1. The van der Waals surface area contributed by atoms with E-state index in [-0.39, 0.29) is 29.2 Å². The van der Waals surface area contributed by atoms with Crippen molar-refractivity contribution in [1.82, 2.24) is 5.32 Å². The van der Waals surface area contributed by atoms with Gasteiger partial charge in [-0.1, -0.05) is 12.1 Å². The molecule has 9 nitrogen and oxygen atoms in total. The second kappa shape index (κ2) is 10.6. The number of carboxylic acid groups (broad SMARTS) is 1. The standard InChI is InChI=1S/C26H18BrFN2O7/c1-36-21-12-15(11-20(27)22(21)37-13-14-3-2-4-16(9-14)25(33)34)10-19-23(31)29-26(35)30(24(19)32)18-7-5-17(28)6-8-18/h2-12H,13H2,1H3,(H,33,34)(H,29,31,35)/b19-10+. The van der Waals surface area contributed by atoms with E-state index in [1.165, 1.54) is 43.5 Å². The Kier molecular flexibility index (Phi) is 7.35. The quantitative estimate of drug-likeness (QED) is 0.317. The van der Waals surface area contributed by atoms with Gasteiger partial charge >= 0.3 is 12.0 Å². The molecule has 0 unspecified atom stereocenters. The van der Waals surface area contributed by atoms with Crippen LogP contribution in [0.25, 0.3) is 6.08 Å². The molecule has 0 spiro atoms. The first kappa shape index (κ1) is 25.6. The maximum absolute atomic E-state index is 13.3. The van der Waals surface area contributed by atoms with Crippen LogP contribution in [-0.4, -0.2) is 36.0 Å². The molecule has 1 fully saturated rings. The van der Waals surface area contributed by atoms with E-state index in [0.717, 1.165) is 17.0 Å². The molecule has 0 radical (unpaired) electrons. The van der Waals surface area contributed by atoms with Crippen molar-refractivity contribution in [2.45, 2.75) is 6.61 Å². The Morgan fingerprint density at radius 1 is 1.11 bits per heavy atom. The summed E-state index contributed by atoms with van der Waals surface area (Å²) in [5.41, 5.74) is 0.900. The number of benzene rings is 3. The summed E-state index contributed by atoms with van der Waals surface area (Å²) in [4.78, 5) is 49.8. The molecule has 4 rings (SSSR count). The number of halogens is 2. The van der Waals surface area contributed by atoms with Crippen LogP contribution in [0.15, 0.2) is 70.7 Å². The van der Waals surface area contributed by atoms with Gasteiger partial charge in [0.1, 0.15) is 18.0 Å². The zero-order chi connectivity index (χ0) is 26.7. The Morgan fingerprint density at radius 2 is 1.84 bits per heavy atom. The highest BCUT2D eigenvalue weighted by molar-refractivity contribution is 9.10. The van der Waals surface area contributed by atoms with Gasteiger partial charge in [-0.05, 0) is 81.7 Å². The number of carboxylic acids is 1. The van der Waals surface area contributed by atoms with E-state index < -0.39 is 29.6 Å². The van der Waals surface area contributed by atoms with Crippen LogP contribution in [0.3, 0.4) is 0 Å². The van der Waals surface area contributed by atoms with Gasteiger partial charge in [-0.25, -0.2) is 18.9 Å². The molecule has 4 amide bonds. The fraction of sp³-hybridized carbons (Fsp3) is 0.0769. The van der Waals surface area contributed by atoms with Crippen molar-refractivity contribution in [2.24, 2.45) is 0 Å². The molecule has 0 bridgehead atoms. The summed E-state index contributed by atoms with van der Waals surface area (Å²) in [6, 6.07) is 13.1. The zero-order valence-corrected chi connectivity index (χ0v) is 20.7. The number of nitrogens with one attached hydrogen (secondary N) is 1. The third-order valence-electron chi connectivity index (χ3n) is 5.31. The van der Waals surface area contributed by atoms with E-state index in [2.05, 4.69) is 21.2 Å². The van der Waals surface area contributed by atoms with Crippen molar-refractivity contribution < 1.29 is 38.1 Å². The number of amides is 4. The van der Waals surface area contributed by atoms with Gasteiger partial charge < -0.3 is 14.6 Å². The molecule has 0 aliphatic carbocycles. The highest BCUT2D eigenvalue weighted by Crippen LogP contribution is 2.38. The van der Waals surface area contributed by atoms with Crippen LogP contribution in [-0.2, 0) is 16.2 Å². The monoisotopic (exact) mass is 568 g/mol. The predicted octanol–water partition coefficient (Wildman–Crippen LogP) is 4.54. The summed E-state index contributed by atoms with van der Waals surface area (Å²) in [7, 11) is 1.41. The van der Waals surface area contributed by atoms with Crippen LogP contribution in [0, 0.1) is 5.82 Å². The Balaban J connectivity index is 1.62. The predicted molar refractivity (Wildman–Crippen MR) is 134 cm³/mol. The lowest BCUT2D eigenvalue weighted by molar-refractivity contribution is -0.122. The van der Waals surface area contributed by atoms with Crippen molar-refractivity contribution >= 4 is 51.5 Å². The summed E-state index contributed by atoms with van der Waals surface area (Å²) in [6.07, 6.45) is 1.29. The molecule has 0 atom stereocenters. The van der Waals surface area contributed by atoms with Gasteiger partial charge in [-0.2, -0.15) is 0 Å². The van der Waals surface area contributed by atoms with Crippen LogP contribution in [0.5, 0.6) is 11.5 Å². The maximum atomic E-state index is 13.3. The third kappa shape index (κ3) is 5.51. The Labute approximate surface area is 218 Å². The van der Waals surface area contributed by atoms with Crippen molar-refractivity contribution in [2.75, 3.05) is 12.0 Å². The lowest BCUT2D eigenvalue weighted by Crippen LogP contribution is -2.54. The van der Waals surface area contributed by atoms with Crippen LogP contribution in [0.1, 0.15) is 21.5 Å². The molecule has 1 aliphatic heterocycles. The van der Waals surface area contributed by atoms with E-state index in [1.54, 1.807) is 18.2 Å². The maximum Gasteiger partial charge on any atom is 0.335 e. The highest BCUT2D eigenvalue weighted by atomic mass is 79.9. The van der Waals surface area contributed by atoms with Gasteiger partial charge in [0.05, 0.1) is 22.8 Å². The number of imide groups is 2. The van der Waals surface area contributed by atoms with Gasteiger partial charge in [-0.3, -0.25) is 14.9 Å².